The first kappa shape index (κ1) is 16.0. The minimum atomic E-state index is -0.323. The lowest BCUT2D eigenvalue weighted by atomic mass is 10.0. The number of amides is 1. The number of benzene rings is 1. The minimum absolute atomic E-state index is 0.0137. The zero-order valence-corrected chi connectivity index (χ0v) is 13.1. The molecule has 0 atom stereocenters. The third-order valence-corrected chi connectivity index (χ3v) is 3.54. The molecule has 0 aliphatic carbocycles. The van der Waals surface area contributed by atoms with Crippen LogP contribution in [0.25, 0.3) is 0 Å². The summed E-state index contributed by atoms with van der Waals surface area (Å²) in [6, 6.07) is 4.81. The number of carbonyl (C=O) groups excluding carboxylic acids is 2. The van der Waals surface area contributed by atoms with E-state index in [-0.39, 0.29) is 24.2 Å². The molecule has 0 aliphatic heterocycles. The van der Waals surface area contributed by atoms with E-state index in [0.29, 0.717) is 22.1 Å². The normalized spacial score (nSPS) is 10.5. The van der Waals surface area contributed by atoms with Gasteiger partial charge in [-0.3, -0.25) is 14.9 Å². The first-order valence-electron chi connectivity index (χ1n) is 6.73. The lowest BCUT2D eigenvalue weighted by Crippen LogP contribution is -2.20. The highest BCUT2D eigenvalue weighted by Gasteiger charge is 2.13. The molecule has 0 spiro atoms. The Bertz CT molecular complexity index is 669. The molecule has 1 aromatic heterocycles. The average Bonchev–Trinajstić information content (AvgIpc) is 2.97. The van der Waals surface area contributed by atoms with E-state index >= 15 is 0 Å². The average molecular weight is 319 g/mol. The number of nitrogens with two attached hydrogens (primary N) is 1. The number of ether oxygens (including phenoxy) is 1. The maximum absolute atomic E-state index is 11.9. The Morgan fingerprint density at radius 1 is 1.41 bits per heavy atom. The number of anilines is 2. The number of hydrogen-bond acceptors (Lipinski definition) is 6. The van der Waals surface area contributed by atoms with E-state index in [1.165, 1.54) is 11.3 Å². The van der Waals surface area contributed by atoms with Gasteiger partial charge in [-0.25, -0.2) is 4.98 Å². The van der Waals surface area contributed by atoms with Crippen LogP contribution in [0.3, 0.4) is 0 Å². The Balaban J connectivity index is 1.95. The molecule has 22 heavy (non-hydrogen) atoms. The quantitative estimate of drug-likeness (QED) is 0.630. The van der Waals surface area contributed by atoms with Crippen LogP contribution in [0.1, 0.15) is 24.2 Å². The van der Waals surface area contributed by atoms with Crippen molar-refractivity contribution in [3.05, 3.63) is 35.3 Å². The van der Waals surface area contributed by atoms with Crippen molar-refractivity contribution in [3.8, 4) is 5.75 Å². The highest BCUT2D eigenvalue weighted by Crippen LogP contribution is 2.24. The number of hydrogen-bond donors (Lipinski definition) is 2. The highest BCUT2D eigenvalue weighted by molar-refractivity contribution is 7.13. The zero-order valence-electron chi connectivity index (χ0n) is 12.3. The molecule has 1 amide bonds. The molecule has 0 fully saturated rings. The molecule has 0 saturated carbocycles. The second-order valence-electron chi connectivity index (χ2n) is 4.95. The molecule has 0 saturated heterocycles. The number of nitrogens with zero attached hydrogens (tertiary/aromatic N) is 1. The zero-order chi connectivity index (χ0) is 16.1. The molecule has 1 aromatic carbocycles. The largest absolute Gasteiger partial charge is 0.482 e. The van der Waals surface area contributed by atoms with E-state index in [9.17, 15) is 9.59 Å². The molecular formula is C15H17N3O3S. The van der Waals surface area contributed by atoms with Crippen LogP contribution < -0.4 is 15.8 Å². The van der Waals surface area contributed by atoms with Crippen LogP contribution in [0.2, 0.25) is 0 Å². The van der Waals surface area contributed by atoms with Crippen molar-refractivity contribution < 1.29 is 14.3 Å². The maximum Gasteiger partial charge on any atom is 0.264 e. The summed E-state index contributed by atoms with van der Waals surface area (Å²) in [6.45, 7) is 3.47. The van der Waals surface area contributed by atoms with Gasteiger partial charge in [0.2, 0.25) is 0 Å². The third-order valence-electron chi connectivity index (χ3n) is 2.86. The summed E-state index contributed by atoms with van der Waals surface area (Å²) in [5, 5.41) is 4.88. The first-order chi connectivity index (χ1) is 10.5. The van der Waals surface area contributed by atoms with Crippen molar-refractivity contribution in [1.82, 2.24) is 4.98 Å². The summed E-state index contributed by atoms with van der Waals surface area (Å²) >= 11 is 1.32. The molecule has 7 heteroatoms. The Morgan fingerprint density at radius 3 is 2.77 bits per heavy atom. The van der Waals surface area contributed by atoms with Crippen LogP contribution in [0, 0.1) is 5.92 Å². The topological polar surface area (TPSA) is 94.3 Å². The molecule has 0 aliphatic rings. The monoisotopic (exact) mass is 319 g/mol. The Kier molecular flexibility index (Phi) is 5.11. The number of thiazole rings is 1. The summed E-state index contributed by atoms with van der Waals surface area (Å²) in [6.07, 6.45) is 1.60. The van der Waals surface area contributed by atoms with Gasteiger partial charge >= 0.3 is 0 Å². The van der Waals surface area contributed by atoms with Gasteiger partial charge in [0, 0.05) is 23.1 Å². The Hall–Kier alpha value is -2.41. The summed E-state index contributed by atoms with van der Waals surface area (Å²) in [7, 11) is 0. The summed E-state index contributed by atoms with van der Waals surface area (Å²) < 4.78 is 5.37. The van der Waals surface area contributed by atoms with E-state index in [1.54, 1.807) is 29.8 Å². The predicted octanol–water partition coefficient (Wildman–Crippen LogP) is 2.58. The second kappa shape index (κ2) is 7.04. The van der Waals surface area contributed by atoms with E-state index in [4.69, 9.17) is 10.5 Å². The number of nitrogens with one attached hydrogen (secondary N) is 1. The van der Waals surface area contributed by atoms with Crippen LogP contribution in [0.5, 0.6) is 5.75 Å². The van der Waals surface area contributed by atoms with E-state index < -0.39 is 0 Å². The van der Waals surface area contributed by atoms with Gasteiger partial charge < -0.3 is 10.5 Å². The number of Topliss-reactive ketones (excluding diaryl/α,β-unsaturated/α-hetero) is 1. The number of carbonyl (C=O) groups is 2. The number of ketones is 1. The van der Waals surface area contributed by atoms with E-state index in [0.717, 1.165) is 0 Å². The Morgan fingerprint density at radius 2 is 2.18 bits per heavy atom. The van der Waals surface area contributed by atoms with Gasteiger partial charge in [0.25, 0.3) is 5.91 Å². The molecule has 0 bridgehead atoms. The first-order valence-corrected chi connectivity index (χ1v) is 7.61. The smallest absolute Gasteiger partial charge is 0.264 e. The number of rotatable bonds is 6. The standard InChI is InChI=1S/C15H17N3O3S/c1-9(2)14(20)10-3-4-12(11(16)7-10)21-8-13(19)18-15-17-5-6-22-15/h3-7,9H,8,16H2,1-2H3,(H,17,18,19). The van der Waals surface area contributed by atoms with Gasteiger partial charge in [-0.15, -0.1) is 11.3 Å². The maximum atomic E-state index is 11.9. The van der Waals surface area contributed by atoms with Crippen LogP contribution in [0.15, 0.2) is 29.8 Å². The Labute approximate surface area is 132 Å². The molecule has 0 unspecified atom stereocenters. The SMILES string of the molecule is CC(C)C(=O)c1ccc(OCC(=O)Nc2nccs2)c(N)c1. The van der Waals surface area contributed by atoms with Crippen molar-refractivity contribution in [2.75, 3.05) is 17.7 Å². The van der Waals surface area contributed by atoms with Gasteiger partial charge in [0.15, 0.2) is 17.5 Å². The van der Waals surface area contributed by atoms with Crippen LogP contribution in [0.4, 0.5) is 10.8 Å². The van der Waals surface area contributed by atoms with E-state index in [1.807, 2.05) is 13.8 Å². The van der Waals surface area contributed by atoms with E-state index in [2.05, 4.69) is 10.3 Å². The summed E-state index contributed by atoms with van der Waals surface area (Å²) in [5.74, 6) is -0.0405. The third kappa shape index (κ3) is 4.05. The second-order valence-corrected chi connectivity index (χ2v) is 5.84. The predicted molar refractivity (Wildman–Crippen MR) is 86.3 cm³/mol. The summed E-state index contributed by atoms with van der Waals surface area (Å²) in [4.78, 5) is 27.5. The van der Waals surface area contributed by atoms with Gasteiger partial charge in [-0.2, -0.15) is 0 Å². The molecule has 116 valence electrons. The fraction of sp³-hybridized carbons (Fsp3) is 0.267. The van der Waals surface area contributed by atoms with Gasteiger partial charge in [-0.1, -0.05) is 13.8 Å². The van der Waals surface area contributed by atoms with Crippen molar-refractivity contribution in [2.45, 2.75) is 13.8 Å². The molecule has 2 rings (SSSR count). The fourth-order valence-corrected chi connectivity index (χ4v) is 2.30. The molecular weight excluding hydrogens is 302 g/mol. The van der Waals surface area contributed by atoms with Crippen molar-refractivity contribution in [3.63, 3.8) is 0 Å². The lowest BCUT2D eigenvalue weighted by Gasteiger charge is -2.10. The molecule has 0 radical (unpaired) electrons. The molecule has 3 N–H and O–H groups in total. The van der Waals surface area contributed by atoms with Gasteiger partial charge in [0.05, 0.1) is 5.69 Å². The highest BCUT2D eigenvalue weighted by atomic mass is 32.1. The lowest BCUT2D eigenvalue weighted by molar-refractivity contribution is -0.118. The molecule has 2 aromatic rings. The molecule has 1 heterocycles. The van der Waals surface area contributed by atoms with Crippen molar-refractivity contribution >= 4 is 33.8 Å². The number of nitrogen functional groups attached to an aromatic ring is 1. The van der Waals surface area contributed by atoms with Crippen LogP contribution >= 0.6 is 11.3 Å². The number of aromatic nitrogens is 1. The fourth-order valence-electron chi connectivity index (χ4n) is 1.75. The van der Waals surface area contributed by atoms with Gasteiger partial charge in [0.1, 0.15) is 5.75 Å². The van der Waals surface area contributed by atoms with Gasteiger partial charge in [-0.05, 0) is 18.2 Å². The molecule has 6 nitrogen and oxygen atoms in total. The van der Waals surface area contributed by atoms with Crippen LogP contribution in [-0.4, -0.2) is 23.3 Å². The van der Waals surface area contributed by atoms with Crippen molar-refractivity contribution in [2.24, 2.45) is 5.92 Å². The van der Waals surface area contributed by atoms with Crippen molar-refractivity contribution in [1.29, 1.82) is 0 Å². The minimum Gasteiger partial charge on any atom is -0.482 e. The van der Waals surface area contributed by atoms with Crippen LogP contribution in [-0.2, 0) is 4.79 Å². The summed E-state index contributed by atoms with van der Waals surface area (Å²) in [5.41, 5.74) is 6.72.